The number of sulfonamides is 1. The van der Waals surface area contributed by atoms with Gasteiger partial charge in [-0.25, -0.2) is 17.2 Å². The Kier molecular flexibility index (Phi) is 7.32. The third-order valence-corrected chi connectivity index (χ3v) is 8.66. The molecule has 1 aliphatic carbocycles. The van der Waals surface area contributed by atoms with Crippen LogP contribution in [0.4, 0.5) is 20.2 Å². The van der Waals surface area contributed by atoms with Gasteiger partial charge in [-0.15, -0.1) is 0 Å². The van der Waals surface area contributed by atoms with Crippen molar-refractivity contribution in [3.63, 3.8) is 0 Å². The van der Waals surface area contributed by atoms with Gasteiger partial charge in [-0.3, -0.25) is 14.9 Å². The highest BCUT2D eigenvalue weighted by Gasteiger charge is 2.31. The Hall–Kier alpha value is -3.91. The molecule has 0 bridgehead atoms. The molecule has 0 unspecified atom stereocenters. The molecule has 2 fully saturated rings. The lowest BCUT2D eigenvalue weighted by Crippen LogP contribution is -2.49. The number of non-ortho nitro benzene ring substituents is 1. The van der Waals surface area contributed by atoms with E-state index < -0.39 is 32.1 Å². The van der Waals surface area contributed by atoms with Gasteiger partial charge in [-0.05, 0) is 37.0 Å². The molecule has 1 saturated carbocycles. The summed E-state index contributed by atoms with van der Waals surface area (Å²) in [5, 5.41) is 15.0. The van der Waals surface area contributed by atoms with E-state index in [0.717, 1.165) is 36.1 Å². The second kappa shape index (κ2) is 10.7. The van der Waals surface area contributed by atoms with E-state index in [1.54, 1.807) is 4.90 Å². The monoisotopic (exact) mass is 561 g/mol. The first-order chi connectivity index (χ1) is 18.6. The summed E-state index contributed by atoms with van der Waals surface area (Å²) in [7, 11) is -3.71. The molecule has 206 valence electrons. The summed E-state index contributed by atoms with van der Waals surface area (Å²) in [5.41, 5.74) is -0.0571. The van der Waals surface area contributed by atoms with Crippen LogP contribution in [0.3, 0.4) is 0 Å². The summed E-state index contributed by atoms with van der Waals surface area (Å²) in [6.07, 6.45) is 3.72. The van der Waals surface area contributed by atoms with Crippen LogP contribution >= 0.6 is 0 Å². The maximum Gasteiger partial charge on any atom is 0.316 e. The maximum absolute atomic E-state index is 13.8. The molecule has 0 spiro atoms. The quantitative estimate of drug-likeness (QED) is 0.303. The molecule has 0 atom stereocenters. The summed E-state index contributed by atoms with van der Waals surface area (Å²) in [4.78, 5) is 25.5. The normalized spacial score (nSPS) is 16.6. The second-order valence-electron chi connectivity index (χ2n) is 9.44. The van der Waals surface area contributed by atoms with Crippen molar-refractivity contribution in [3.8, 4) is 11.4 Å². The van der Waals surface area contributed by atoms with Crippen LogP contribution in [0.25, 0.3) is 5.69 Å². The number of nitro benzene ring substituents is 1. The Balaban J connectivity index is 1.35. The molecule has 5 rings (SSSR count). The standard InChI is InChI=1S/C25H25F2N5O6S/c26-18-12-19(27)14-21(13-18)31-25(33)24(38-22-2-1-3-22)23(15-28-31)29-8-10-30(11-9-29)39(36,37)16-17-4-6-20(7-5-17)32(34)35/h4-7,12-15,22H,1-3,8-11,16H2. The SMILES string of the molecule is O=c1c(OC2CCC2)c(N2CCN(S(=O)(=O)Cc3ccc([N+](=O)[O-])cc3)CC2)cnn1-c1cc(F)cc(F)c1. The van der Waals surface area contributed by atoms with E-state index in [1.165, 1.54) is 34.8 Å². The van der Waals surface area contributed by atoms with Crippen molar-refractivity contribution in [1.82, 2.24) is 14.1 Å². The molecule has 0 radical (unpaired) electrons. The molecule has 1 saturated heterocycles. The molecule has 2 aliphatic rings. The van der Waals surface area contributed by atoms with E-state index in [1.807, 2.05) is 0 Å². The topological polar surface area (TPSA) is 128 Å². The summed E-state index contributed by atoms with van der Waals surface area (Å²) in [5.74, 6) is -2.00. The predicted molar refractivity (Wildman–Crippen MR) is 138 cm³/mol. The van der Waals surface area contributed by atoms with Gasteiger partial charge in [0, 0.05) is 44.4 Å². The van der Waals surface area contributed by atoms with Gasteiger partial charge >= 0.3 is 5.56 Å². The van der Waals surface area contributed by atoms with Gasteiger partial charge in [0.1, 0.15) is 17.3 Å². The molecule has 1 aromatic heterocycles. The van der Waals surface area contributed by atoms with Crippen LogP contribution in [-0.2, 0) is 15.8 Å². The van der Waals surface area contributed by atoms with Gasteiger partial charge < -0.3 is 9.64 Å². The van der Waals surface area contributed by atoms with E-state index in [2.05, 4.69) is 5.10 Å². The third kappa shape index (κ3) is 5.76. The smallest absolute Gasteiger partial charge is 0.316 e. The van der Waals surface area contributed by atoms with Crippen LogP contribution in [0.5, 0.6) is 5.75 Å². The molecule has 2 aromatic carbocycles. The fourth-order valence-electron chi connectivity index (χ4n) is 4.49. The largest absolute Gasteiger partial charge is 0.483 e. The number of aromatic nitrogens is 2. The maximum atomic E-state index is 13.8. The van der Waals surface area contributed by atoms with Crippen LogP contribution in [0.15, 0.2) is 53.5 Å². The van der Waals surface area contributed by atoms with Gasteiger partial charge in [0.25, 0.3) is 5.69 Å². The molecule has 0 amide bonds. The summed E-state index contributed by atoms with van der Waals surface area (Å²) < 4.78 is 61.9. The van der Waals surface area contributed by atoms with E-state index >= 15 is 0 Å². The zero-order chi connectivity index (χ0) is 27.7. The lowest BCUT2D eigenvalue weighted by atomic mass is 9.96. The van der Waals surface area contributed by atoms with Gasteiger partial charge in [0.05, 0.1) is 28.7 Å². The van der Waals surface area contributed by atoms with Crippen LogP contribution in [0.1, 0.15) is 24.8 Å². The molecule has 14 heteroatoms. The number of anilines is 1. The van der Waals surface area contributed by atoms with Crippen molar-refractivity contribution in [3.05, 3.63) is 86.3 Å². The fourth-order valence-corrected chi connectivity index (χ4v) is 6.00. The number of nitro groups is 1. The number of rotatable bonds is 8. The first kappa shape index (κ1) is 26.7. The average Bonchev–Trinajstić information content (AvgIpc) is 2.86. The summed E-state index contributed by atoms with van der Waals surface area (Å²) >= 11 is 0. The second-order valence-corrected chi connectivity index (χ2v) is 11.4. The van der Waals surface area contributed by atoms with Gasteiger partial charge in [0.15, 0.2) is 0 Å². The van der Waals surface area contributed by atoms with Crippen molar-refractivity contribution in [2.45, 2.75) is 31.1 Å². The van der Waals surface area contributed by atoms with E-state index in [-0.39, 0.29) is 55.2 Å². The lowest BCUT2D eigenvalue weighted by molar-refractivity contribution is -0.384. The third-order valence-electron chi connectivity index (χ3n) is 6.81. The molecule has 3 aromatic rings. The van der Waals surface area contributed by atoms with Crippen LogP contribution in [-0.4, -0.2) is 59.7 Å². The fraction of sp³-hybridized carbons (Fsp3) is 0.360. The molecular weight excluding hydrogens is 536 g/mol. The van der Waals surface area contributed by atoms with Crippen molar-refractivity contribution >= 4 is 21.4 Å². The number of hydrogen-bond donors (Lipinski definition) is 0. The van der Waals surface area contributed by atoms with Crippen LogP contribution < -0.4 is 15.2 Å². The van der Waals surface area contributed by atoms with Crippen LogP contribution in [0, 0.1) is 21.7 Å². The Morgan fingerprint density at radius 1 is 1.03 bits per heavy atom. The zero-order valence-electron chi connectivity index (χ0n) is 20.7. The average molecular weight is 562 g/mol. The first-order valence-electron chi connectivity index (χ1n) is 12.3. The molecule has 1 aliphatic heterocycles. The molecule has 2 heterocycles. The molecular formula is C25H25F2N5O6S. The number of hydrogen-bond acceptors (Lipinski definition) is 8. The predicted octanol–water partition coefficient (Wildman–Crippen LogP) is 3.00. The highest BCUT2D eigenvalue weighted by molar-refractivity contribution is 7.88. The minimum absolute atomic E-state index is 0.00144. The zero-order valence-corrected chi connectivity index (χ0v) is 21.5. The van der Waals surface area contributed by atoms with Gasteiger partial charge in [-0.2, -0.15) is 14.1 Å². The van der Waals surface area contributed by atoms with Gasteiger partial charge in [-0.1, -0.05) is 12.1 Å². The summed E-state index contributed by atoms with van der Waals surface area (Å²) in [6.45, 7) is 0.771. The van der Waals surface area contributed by atoms with E-state index in [0.29, 0.717) is 17.3 Å². The minimum atomic E-state index is -3.71. The van der Waals surface area contributed by atoms with Crippen molar-refractivity contribution in [2.24, 2.45) is 0 Å². The van der Waals surface area contributed by atoms with Crippen molar-refractivity contribution < 1.29 is 26.9 Å². The number of ether oxygens (including phenoxy) is 1. The minimum Gasteiger partial charge on any atom is -0.483 e. The van der Waals surface area contributed by atoms with E-state index in [4.69, 9.17) is 4.74 Å². The lowest BCUT2D eigenvalue weighted by Gasteiger charge is -2.36. The molecule has 0 N–H and O–H groups in total. The Morgan fingerprint density at radius 3 is 2.23 bits per heavy atom. The first-order valence-corrected chi connectivity index (χ1v) is 13.9. The highest BCUT2D eigenvalue weighted by atomic mass is 32.2. The molecule has 11 nitrogen and oxygen atoms in total. The van der Waals surface area contributed by atoms with Crippen LogP contribution in [0.2, 0.25) is 0 Å². The highest BCUT2D eigenvalue weighted by Crippen LogP contribution is 2.31. The van der Waals surface area contributed by atoms with Crippen molar-refractivity contribution in [1.29, 1.82) is 0 Å². The number of halogens is 2. The Labute approximate surface area is 222 Å². The van der Waals surface area contributed by atoms with Crippen molar-refractivity contribution in [2.75, 3.05) is 31.1 Å². The van der Waals surface area contributed by atoms with Gasteiger partial charge in [0.2, 0.25) is 15.8 Å². The number of piperazine rings is 1. The Morgan fingerprint density at radius 2 is 1.67 bits per heavy atom. The molecule has 39 heavy (non-hydrogen) atoms. The Bertz CT molecular complexity index is 1530. The number of benzene rings is 2. The van der Waals surface area contributed by atoms with E-state index in [9.17, 15) is 32.1 Å². The number of nitrogens with zero attached hydrogens (tertiary/aromatic N) is 5. The summed E-state index contributed by atoms with van der Waals surface area (Å²) in [6, 6.07) is 8.06.